The molecule has 4 aromatic rings. The van der Waals surface area contributed by atoms with Crippen LogP contribution < -0.4 is 10.2 Å². The lowest BCUT2D eigenvalue weighted by Crippen LogP contribution is -2.30. The highest BCUT2D eigenvalue weighted by molar-refractivity contribution is 5.81. The molecule has 0 bridgehead atoms. The summed E-state index contributed by atoms with van der Waals surface area (Å²) < 4.78 is 1.99. The lowest BCUT2D eigenvalue weighted by Gasteiger charge is -2.18. The van der Waals surface area contributed by atoms with Gasteiger partial charge in [-0.15, -0.1) is 5.10 Å². The van der Waals surface area contributed by atoms with Crippen molar-refractivity contribution in [3.63, 3.8) is 0 Å². The van der Waals surface area contributed by atoms with Gasteiger partial charge in [0.25, 0.3) is 0 Å². The molecule has 2 atom stereocenters. The van der Waals surface area contributed by atoms with Gasteiger partial charge >= 0.3 is 0 Å². The predicted octanol–water partition coefficient (Wildman–Crippen LogP) is 3.26. The summed E-state index contributed by atoms with van der Waals surface area (Å²) in [5.41, 5.74) is 4.97. The summed E-state index contributed by atoms with van der Waals surface area (Å²) in [5, 5.41) is 8.66. The van der Waals surface area contributed by atoms with Gasteiger partial charge in [-0.1, -0.05) is 30.3 Å². The quantitative estimate of drug-likeness (QED) is 0.589. The fourth-order valence-corrected chi connectivity index (χ4v) is 4.69. The van der Waals surface area contributed by atoms with Crippen molar-refractivity contribution < 1.29 is 0 Å². The van der Waals surface area contributed by atoms with Gasteiger partial charge in [-0.05, 0) is 43.1 Å². The van der Waals surface area contributed by atoms with Gasteiger partial charge in [0.1, 0.15) is 11.5 Å². The van der Waals surface area contributed by atoms with E-state index in [1.807, 2.05) is 47.2 Å². The van der Waals surface area contributed by atoms with Crippen molar-refractivity contribution in [3.8, 4) is 22.5 Å². The van der Waals surface area contributed by atoms with Crippen molar-refractivity contribution in [3.05, 3.63) is 67.0 Å². The number of aromatic nitrogens is 4. The number of rotatable bonds is 3. The first-order valence-corrected chi connectivity index (χ1v) is 10.2. The van der Waals surface area contributed by atoms with Gasteiger partial charge in [0.2, 0.25) is 0 Å². The third kappa shape index (κ3) is 2.79. The fraction of sp³-hybridized carbons (Fsp3) is 0.261. The molecule has 6 nitrogen and oxygen atoms in total. The van der Waals surface area contributed by atoms with Crippen LogP contribution in [0.25, 0.3) is 28.2 Å². The van der Waals surface area contributed by atoms with Gasteiger partial charge in [-0.2, -0.15) is 0 Å². The number of anilines is 1. The van der Waals surface area contributed by atoms with Crippen LogP contribution in [0.3, 0.4) is 0 Å². The summed E-state index contributed by atoms with van der Waals surface area (Å²) in [7, 11) is 0. The number of hydrogen-bond acceptors (Lipinski definition) is 5. The summed E-state index contributed by atoms with van der Waals surface area (Å²) >= 11 is 0. The monoisotopic (exact) mass is 382 g/mol. The summed E-state index contributed by atoms with van der Waals surface area (Å²) in [4.78, 5) is 11.5. The summed E-state index contributed by atoms with van der Waals surface area (Å²) in [6.07, 6.45) is 4.90. The van der Waals surface area contributed by atoms with Crippen LogP contribution in [0.4, 0.5) is 5.82 Å². The molecule has 6 heteroatoms. The second-order valence-corrected chi connectivity index (χ2v) is 7.89. The number of nitrogens with zero attached hydrogens (tertiary/aromatic N) is 5. The number of fused-ring (bicyclic) bond motifs is 2. The van der Waals surface area contributed by atoms with Crippen molar-refractivity contribution in [2.45, 2.75) is 12.5 Å². The Labute approximate surface area is 169 Å². The van der Waals surface area contributed by atoms with E-state index in [0.717, 1.165) is 59.5 Å². The summed E-state index contributed by atoms with van der Waals surface area (Å²) in [6.45, 7) is 3.23. The van der Waals surface area contributed by atoms with E-state index in [-0.39, 0.29) is 0 Å². The Balaban J connectivity index is 1.51. The van der Waals surface area contributed by atoms with Gasteiger partial charge in [-0.25, -0.2) is 9.50 Å². The highest BCUT2D eigenvalue weighted by atomic mass is 15.4. The van der Waals surface area contributed by atoms with Crippen LogP contribution in [-0.2, 0) is 0 Å². The third-order valence-corrected chi connectivity index (χ3v) is 6.15. The number of hydrogen-bond donors (Lipinski definition) is 1. The van der Waals surface area contributed by atoms with Crippen molar-refractivity contribution in [1.82, 2.24) is 24.9 Å². The van der Waals surface area contributed by atoms with Crippen LogP contribution in [0.2, 0.25) is 0 Å². The summed E-state index contributed by atoms with van der Waals surface area (Å²) in [6, 6.07) is 19.1. The van der Waals surface area contributed by atoms with Crippen LogP contribution in [0.15, 0.2) is 67.0 Å². The van der Waals surface area contributed by atoms with Crippen LogP contribution in [-0.4, -0.2) is 45.3 Å². The first kappa shape index (κ1) is 16.7. The van der Waals surface area contributed by atoms with Crippen LogP contribution >= 0.6 is 0 Å². The molecule has 2 unspecified atom stereocenters. The lowest BCUT2D eigenvalue weighted by atomic mass is 10.1. The third-order valence-electron chi connectivity index (χ3n) is 6.15. The maximum Gasteiger partial charge on any atom is 0.155 e. The maximum absolute atomic E-state index is 5.04. The molecule has 2 saturated heterocycles. The number of imidazole rings is 1. The minimum Gasteiger partial charge on any atom is -0.353 e. The first-order chi connectivity index (χ1) is 14.4. The van der Waals surface area contributed by atoms with Crippen LogP contribution in [0, 0.1) is 5.92 Å². The van der Waals surface area contributed by atoms with Crippen molar-refractivity contribution in [2.75, 3.05) is 24.5 Å². The van der Waals surface area contributed by atoms with Gasteiger partial charge in [0.05, 0.1) is 5.69 Å². The normalized spacial score (nSPS) is 21.0. The Morgan fingerprint density at radius 1 is 0.897 bits per heavy atom. The van der Waals surface area contributed by atoms with E-state index in [1.54, 1.807) is 0 Å². The maximum atomic E-state index is 5.04. The Kier molecular flexibility index (Phi) is 3.84. The lowest BCUT2D eigenvalue weighted by molar-refractivity contribution is 0.556. The minimum absolute atomic E-state index is 0.592. The largest absolute Gasteiger partial charge is 0.353 e. The molecule has 0 aliphatic carbocycles. The standard InChI is InChI=1S/C23H22N6/c1-2-4-16(5-3-1)22-23(17-8-11-24-12-9-17)29-20(26-22)6-7-21(27-29)28-14-18-10-13-25-19(18)15-28/h1-9,11-12,18-19,25H,10,13-15H2. The fourth-order valence-electron chi connectivity index (χ4n) is 4.69. The Hall–Kier alpha value is -3.25. The molecule has 0 spiro atoms. The van der Waals surface area contributed by atoms with Gasteiger partial charge in [0, 0.05) is 42.7 Å². The number of benzene rings is 1. The predicted molar refractivity (Wildman–Crippen MR) is 114 cm³/mol. The van der Waals surface area contributed by atoms with Crippen molar-refractivity contribution >= 4 is 11.5 Å². The Morgan fingerprint density at radius 3 is 2.59 bits per heavy atom. The van der Waals surface area contributed by atoms with Gasteiger partial charge in [-0.3, -0.25) is 4.98 Å². The highest BCUT2D eigenvalue weighted by Gasteiger charge is 2.36. The Morgan fingerprint density at radius 2 is 1.76 bits per heavy atom. The SMILES string of the molecule is c1ccc(-c2nc3ccc(N4CC5CCNC5C4)nn3c2-c2ccncc2)cc1. The highest BCUT2D eigenvalue weighted by Crippen LogP contribution is 2.33. The molecule has 0 amide bonds. The number of pyridine rings is 1. The average molecular weight is 382 g/mol. The molecule has 1 N–H and O–H groups in total. The molecule has 144 valence electrons. The molecule has 6 rings (SSSR count). The summed E-state index contributed by atoms with van der Waals surface area (Å²) in [5.74, 6) is 1.75. The molecular weight excluding hydrogens is 360 g/mol. The molecule has 0 saturated carbocycles. The molecule has 2 aliphatic heterocycles. The van der Waals surface area contributed by atoms with Crippen molar-refractivity contribution in [1.29, 1.82) is 0 Å². The molecule has 29 heavy (non-hydrogen) atoms. The van der Waals surface area contributed by atoms with E-state index in [4.69, 9.17) is 10.1 Å². The first-order valence-electron chi connectivity index (χ1n) is 10.2. The number of nitrogens with one attached hydrogen (secondary N) is 1. The van der Waals surface area contributed by atoms with Crippen LogP contribution in [0.5, 0.6) is 0 Å². The van der Waals surface area contributed by atoms with E-state index in [1.165, 1.54) is 6.42 Å². The molecule has 5 heterocycles. The van der Waals surface area contributed by atoms with Gasteiger partial charge in [0.15, 0.2) is 5.65 Å². The average Bonchev–Trinajstić information content (AvgIpc) is 3.47. The zero-order chi connectivity index (χ0) is 19.2. The smallest absolute Gasteiger partial charge is 0.155 e. The van der Waals surface area contributed by atoms with E-state index < -0.39 is 0 Å². The van der Waals surface area contributed by atoms with E-state index in [2.05, 4.69) is 39.5 Å². The molecule has 1 aromatic carbocycles. The second-order valence-electron chi connectivity index (χ2n) is 7.89. The van der Waals surface area contributed by atoms with Gasteiger partial charge < -0.3 is 10.2 Å². The molecule has 2 aliphatic rings. The molecule has 2 fully saturated rings. The molecular formula is C23H22N6. The Bertz CT molecular complexity index is 1140. The zero-order valence-corrected chi connectivity index (χ0v) is 16.1. The van der Waals surface area contributed by atoms with Crippen LogP contribution in [0.1, 0.15) is 6.42 Å². The molecule has 3 aromatic heterocycles. The zero-order valence-electron chi connectivity index (χ0n) is 16.1. The molecule has 0 radical (unpaired) electrons. The van der Waals surface area contributed by atoms with E-state index >= 15 is 0 Å². The van der Waals surface area contributed by atoms with Crippen molar-refractivity contribution in [2.24, 2.45) is 5.92 Å². The van der Waals surface area contributed by atoms with E-state index in [0.29, 0.717) is 6.04 Å². The van der Waals surface area contributed by atoms with E-state index in [9.17, 15) is 0 Å². The topological polar surface area (TPSA) is 58.4 Å². The second kappa shape index (κ2) is 6.67. The minimum atomic E-state index is 0.592.